The Bertz CT molecular complexity index is 1120. The van der Waals surface area contributed by atoms with E-state index >= 15 is 0 Å². The Morgan fingerprint density at radius 2 is 1.24 bits per heavy atom. The van der Waals surface area contributed by atoms with Crippen molar-refractivity contribution in [2.24, 2.45) is 17.8 Å². The predicted octanol–water partition coefficient (Wildman–Crippen LogP) is 9.91. The van der Waals surface area contributed by atoms with Crippen molar-refractivity contribution in [1.29, 1.82) is 0 Å². The molecule has 2 aliphatic rings. The summed E-state index contributed by atoms with van der Waals surface area (Å²) in [4.78, 5) is 0. The molecule has 1 nitrogen and oxygen atoms in total. The van der Waals surface area contributed by atoms with Gasteiger partial charge in [0.15, 0.2) is 0 Å². The number of alkyl halides is 5. The summed E-state index contributed by atoms with van der Waals surface area (Å²) in [5.41, 5.74) is -2.84. The molecule has 2 aliphatic carbocycles. The highest BCUT2D eigenvalue weighted by atomic mass is 19.4. The quantitative estimate of drug-likeness (QED) is 0.259. The Morgan fingerprint density at radius 3 is 1.74 bits per heavy atom. The highest BCUT2D eigenvalue weighted by Gasteiger charge is 2.41. The second-order valence-corrected chi connectivity index (χ2v) is 10.6. The molecule has 0 amide bonds. The second kappa shape index (κ2) is 11.3. The molecule has 0 unspecified atom stereocenters. The van der Waals surface area contributed by atoms with Crippen LogP contribution in [0, 0.1) is 35.2 Å². The first-order valence-corrected chi connectivity index (χ1v) is 12.9. The normalized spacial score (nSPS) is 25.1. The van der Waals surface area contributed by atoms with Gasteiger partial charge in [0, 0.05) is 12.1 Å². The number of hydrogen-bond acceptors (Lipinski definition) is 1. The second-order valence-electron chi connectivity index (χ2n) is 10.6. The summed E-state index contributed by atoms with van der Waals surface area (Å²) >= 11 is 0. The molecule has 0 heterocycles. The highest BCUT2D eigenvalue weighted by molar-refractivity contribution is 5.34. The minimum Gasteiger partial charge on any atom is -0.429 e. The predicted molar refractivity (Wildman–Crippen MR) is 127 cm³/mol. The van der Waals surface area contributed by atoms with E-state index < -0.39 is 46.6 Å². The lowest BCUT2D eigenvalue weighted by Gasteiger charge is -2.28. The third-order valence-electron chi connectivity index (χ3n) is 7.81. The minimum absolute atomic E-state index is 0.00590. The van der Waals surface area contributed by atoms with Crippen LogP contribution in [0.3, 0.4) is 0 Å². The van der Waals surface area contributed by atoms with Crippen LogP contribution in [0.5, 0.6) is 5.75 Å². The van der Waals surface area contributed by atoms with E-state index in [0.29, 0.717) is 17.4 Å². The van der Waals surface area contributed by atoms with Crippen LogP contribution >= 0.6 is 0 Å². The molecule has 0 N–H and O–H groups in total. The van der Waals surface area contributed by atoms with Crippen molar-refractivity contribution < 1.29 is 39.9 Å². The van der Waals surface area contributed by atoms with E-state index in [4.69, 9.17) is 0 Å². The molecule has 4 rings (SSSR count). The van der Waals surface area contributed by atoms with Gasteiger partial charge in [-0.2, -0.15) is 22.0 Å². The van der Waals surface area contributed by atoms with Gasteiger partial charge in [0.2, 0.25) is 0 Å². The van der Waals surface area contributed by atoms with Crippen LogP contribution in [0.15, 0.2) is 42.5 Å². The number of halogens is 8. The van der Waals surface area contributed by atoms with Crippen molar-refractivity contribution in [3.05, 3.63) is 76.6 Å². The van der Waals surface area contributed by atoms with E-state index in [2.05, 4.69) is 23.8 Å². The van der Waals surface area contributed by atoms with Gasteiger partial charge < -0.3 is 4.74 Å². The van der Waals surface area contributed by atoms with Gasteiger partial charge in [0.1, 0.15) is 28.8 Å². The van der Waals surface area contributed by atoms with Crippen molar-refractivity contribution >= 4 is 0 Å². The monoisotopic (exact) mass is 546 g/mol. The van der Waals surface area contributed by atoms with Gasteiger partial charge in [-0.3, -0.25) is 0 Å². The van der Waals surface area contributed by atoms with E-state index in [0.717, 1.165) is 43.7 Å². The molecule has 0 radical (unpaired) electrons. The van der Waals surface area contributed by atoms with Gasteiger partial charge in [-0.25, -0.2) is 13.2 Å². The average molecular weight is 547 g/mol. The van der Waals surface area contributed by atoms with Gasteiger partial charge >= 0.3 is 12.3 Å². The van der Waals surface area contributed by atoms with Crippen LogP contribution in [-0.4, -0.2) is 0 Å². The molecule has 0 saturated heterocycles. The van der Waals surface area contributed by atoms with Gasteiger partial charge in [0.25, 0.3) is 0 Å². The molecule has 0 aliphatic heterocycles. The van der Waals surface area contributed by atoms with Crippen molar-refractivity contribution in [3.63, 3.8) is 0 Å². The van der Waals surface area contributed by atoms with Gasteiger partial charge in [-0.1, -0.05) is 38.0 Å². The van der Waals surface area contributed by atoms with E-state index in [1.165, 1.54) is 31.7 Å². The molecule has 0 bridgehead atoms. The zero-order valence-electron chi connectivity index (χ0n) is 20.9. The first-order valence-electron chi connectivity index (χ1n) is 12.9. The fourth-order valence-electron chi connectivity index (χ4n) is 5.54. The number of rotatable bonds is 6. The zero-order valence-corrected chi connectivity index (χ0v) is 20.9. The lowest BCUT2D eigenvalue weighted by Crippen LogP contribution is -2.24. The third-order valence-corrected chi connectivity index (χ3v) is 7.81. The fraction of sp³-hybridized carbons (Fsp3) is 0.517. The Morgan fingerprint density at radius 1 is 0.711 bits per heavy atom. The van der Waals surface area contributed by atoms with E-state index in [1.807, 2.05) is 0 Å². The molecule has 9 heteroatoms. The molecular formula is C29H30F8O. The van der Waals surface area contributed by atoms with Gasteiger partial charge in [-0.05, 0) is 79.9 Å². The number of hydrogen-bond donors (Lipinski definition) is 0. The molecule has 38 heavy (non-hydrogen) atoms. The summed E-state index contributed by atoms with van der Waals surface area (Å²) in [6.45, 7) is 2.28. The lowest BCUT2D eigenvalue weighted by atomic mass is 9.77. The van der Waals surface area contributed by atoms with E-state index in [9.17, 15) is 35.1 Å². The number of benzene rings is 2. The summed E-state index contributed by atoms with van der Waals surface area (Å²) in [6, 6.07) is 3.21. The molecular weight excluding hydrogens is 516 g/mol. The Balaban J connectivity index is 1.39. The molecule has 208 valence electrons. The fourth-order valence-corrected chi connectivity index (χ4v) is 5.54. The van der Waals surface area contributed by atoms with Crippen molar-refractivity contribution in [1.82, 2.24) is 0 Å². The average Bonchev–Trinajstić information content (AvgIpc) is 2.82. The van der Waals surface area contributed by atoms with E-state index in [1.54, 1.807) is 0 Å². The van der Waals surface area contributed by atoms with E-state index in [-0.39, 0.29) is 18.1 Å². The van der Waals surface area contributed by atoms with Crippen LogP contribution in [0.1, 0.15) is 80.9 Å². The summed E-state index contributed by atoms with van der Waals surface area (Å²) in [7, 11) is 0. The van der Waals surface area contributed by atoms with Crippen LogP contribution in [0.25, 0.3) is 0 Å². The number of ether oxygens (including phenoxy) is 1. The Kier molecular flexibility index (Phi) is 8.43. The maximum atomic E-state index is 14.7. The van der Waals surface area contributed by atoms with Gasteiger partial charge in [0.05, 0.1) is 5.56 Å². The Hall–Kier alpha value is -2.58. The molecule has 2 fully saturated rings. The molecule has 0 aromatic heterocycles. The number of allylic oxidation sites excluding steroid dienone is 2. The molecule has 0 atom stereocenters. The maximum absolute atomic E-state index is 14.7. The van der Waals surface area contributed by atoms with Crippen molar-refractivity contribution in [2.75, 3.05) is 0 Å². The summed E-state index contributed by atoms with van der Waals surface area (Å²) in [6.07, 6.45) is 3.24. The minimum atomic E-state index is -5.36. The van der Waals surface area contributed by atoms with Crippen LogP contribution in [0.4, 0.5) is 35.1 Å². The molecule has 2 aromatic rings. The van der Waals surface area contributed by atoms with Crippen LogP contribution in [-0.2, 0) is 12.3 Å². The van der Waals surface area contributed by atoms with Crippen molar-refractivity contribution in [3.8, 4) is 5.75 Å². The summed E-state index contributed by atoms with van der Waals surface area (Å²) in [5, 5.41) is 0. The lowest BCUT2D eigenvalue weighted by molar-refractivity contribution is -0.187. The summed E-state index contributed by atoms with van der Waals surface area (Å²) in [5.74, 6) is -4.82. The topological polar surface area (TPSA) is 9.23 Å². The van der Waals surface area contributed by atoms with Crippen molar-refractivity contribution in [2.45, 2.75) is 76.5 Å². The first kappa shape index (κ1) is 28.4. The third kappa shape index (κ3) is 6.70. The standard InChI is InChI=1S/C29H30F8O/c1-17-2-4-18(5-3-17)6-7-19-8-10-20(11-9-19)21-12-13-23(24(30)14-21)29(36,37)38-22-15-25(31)27(26(32)16-22)28(33,34)35/h6-7,12-20H,2-5,8-11H2,1H3/b7-6+. The molecule has 2 saturated carbocycles. The maximum Gasteiger partial charge on any atom is 0.429 e. The Labute approximate surface area is 216 Å². The largest absolute Gasteiger partial charge is 0.429 e. The highest BCUT2D eigenvalue weighted by Crippen LogP contribution is 2.41. The smallest absolute Gasteiger partial charge is 0.429 e. The SMILES string of the molecule is CC1CCC(/C=C/C2CCC(c3ccc(C(F)(F)Oc4cc(F)c(C(F)(F)F)c(F)c4)c(F)c3)CC2)CC1. The summed E-state index contributed by atoms with van der Waals surface area (Å²) < 4.78 is 114. The molecule has 2 aromatic carbocycles. The van der Waals surface area contributed by atoms with Crippen LogP contribution < -0.4 is 4.74 Å². The van der Waals surface area contributed by atoms with Crippen LogP contribution in [0.2, 0.25) is 0 Å². The molecule has 0 spiro atoms. The van der Waals surface area contributed by atoms with Gasteiger partial charge in [-0.15, -0.1) is 0 Å². The first-order chi connectivity index (χ1) is 17.8. The zero-order chi connectivity index (χ0) is 27.7.